The van der Waals surface area contributed by atoms with Gasteiger partial charge in [0.25, 0.3) is 5.91 Å². The number of hydrogen-bond acceptors (Lipinski definition) is 6. The molecule has 1 aromatic carbocycles. The molecule has 0 aliphatic carbocycles. The number of ether oxygens (including phenoxy) is 1. The number of nitro groups is 1. The van der Waals surface area contributed by atoms with Gasteiger partial charge in [-0.15, -0.1) is 0 Å². The van der Waals surface area contributed by atoms with Crippen molar-refractivity contribution in [2.75, 3.05) is 12.3 Å². The summed E-state index contributed by atoms with van der Waals surface area (Å²) in [5.74, 6) is 0.892. The predicted octanol–water partition coefficient (Wildman–Crippen LogP) is 2.73. The Kier molecular flexibility index (Phi) is 5.64. The van der Waals surface area contributed by atoms with Crippen LogP contribution in [0.2, 0.25) is 0 Å². The Morgan fingerprint density at radius 3 is 2.87 bits per heavy atom. The van der Waals surface area contributed by atoms with E-state index in [1.165, 1.54) is 18.2 Å². The van der Waals surface area contributed by atoms with Gasteiger partial charge in [-0.3, -0.25) is 14.9 Å². The van der Waals surface area contributed by atoms with E-state index in [1.54, 1.807) is 19.1 Å². The number of nitro benzene ring substituents is 1. The number of hydrogen-bond donors (Lipinski definition) is 2. The van der Waals surface area contributed by atoms with E-state index in [1.807, 2.05) is 0 Å². The third-order valence-corrected chi connectivity index (χ3v) is 3.19. The Bertz CT molecular complexity index is 714. The molecule has 0 saturated heterocycles. The number of benzene rings is 1. The molecule has 23 heavy (non-hydrogen) atoms. The van der Waals surface area contributed by atoms with Gasteiger partial charge in [-0.1, -0.05) is 6.07 Å². The van der Waals surface area contributed by atoms with Gasteiger partial charge in [-0.2, -0.15) is 12.6 Å². The SMILES string of the molecule is Cc1ccc(OCc2ccc(C(=O)NCCS)o2)c([N+](=O)[O-])c1. The summed E-state index contributed by atoms with van der Waals surface area (Å²) in [4.78, 5) is 22.2. The van der Waals surface area contributed by atoms with E-state index in [-0.39, 0.29) is 29.7 Å². The maximum absolute atomic E-state index is 11.7. The monoisotopic (exact) mass is 336 g/mol. The minimum atomic E-state index is -0.499. The standard InChI is InChI=1S/C15H16N2O5S/c1-10-2-4-13(12(8-10)17(19)20)21-9-11-3-5-14(22-11)15(18)16-6-7-23/h2-5,8,23H,6-7,9H2,1H3,(H,16,18). The summed E-state index contributed by atoms with van der Waals surface area (Å²) < 4.78 is 10.8. The second-order valence-electron chi connectivity index (χ2n) is 4.76. The minimum Gasteiger partial charge on any atom is -0.479 e. The highest BCUT2D eigenvalue weighted by atomic mass is 32.1. The first-order chi connectivity index (χ1) is 11.0. The number of nitrogens with zero attached hydrogens (tertiary/aromatic N) is 1. The highest BCUT2D eigenvalue weighted by Gasteiger charge is 2.16. The number of nitrogens with one attached hydrogen (secondary N) is 1. The van der Waals surface area contributed by atoms with Crippen molar-refractivity contribution in [3.8, 4) is 5.75 Å². The number of thiol groups is 1. The average Bonchev–Trinajstić information content (AvgIpc) is 3.00. The molecule has 0 unspecified atom stereocenters. The zero-order valence-electron chi connectivity index (χ0n) is 12.4. The van der Waals surface area contributed by atoms with Crippen LogP contribution in [0.25, 0.3) is 0 Å². The maximum Gasteiger partial charge on any atom is 0.311 e. The van der Waals surface area contributed by atoms with Crippen molar-refractivity contribution in [3.63, 3.8) is 0 Å². The molecule has 1 N–H and O–H groups in total. The van der Waals surface area contributed by atoms with E-state index in [0.29, 0.717) is 18.1 Å². The summed E-state index contributed by atoms with van der Waals surface area (Å²) >= 11 is 4.00. The molecule has 0 spiro atoms. The van der Waals surface area contributed by atoms with Crippen molar-refractivity contribution < 1.29 is 18.9 Å². The topological polar surface area (TPSA) is 94.6 Å². The van der Waals surface area contributed by atoms with Crippen LogP contribution in [0.5, 0.6) is 5.75 Å². The fourth-order valence-electron chi connectivity index (χ4n) is 1.88. The van der Waals surface area contributed by atoms with Crippen LogP contribution in [0.4, 0.5) is 5.69 Å². The maximum atomic E-state index is 11.7. The fraction of sp³-hybridized carbons (Fsp3) is 0.267. The van der Waals surface area contributed by atoms with Crippen molar-refractivity contribution in [2.45, 2.75) is 13.5 Å². The smallest absolute Gasteiger partial charge is 0.311 e. The highest BCUT2D eigenvalue weighted by molar-refractivity contribution is 7.80. The normalized spacial score (nSPS) is 10.3. The number of aryl methyl sites for hydroxylation is 1. The second-order valence-corrected chi connectivity index (χ2v) is 5.21. The van der Waals surface area contributed by atoms with Crippen molar-refractivity contribution in [1.82, 2.24) is 5.32 Å². The van der Waals surface area contributed by atoms with Crippen molar-refractivity contribution in [1.29, 1.82) is 0 Å². The van der Waals surface area contributed by atoms with Gasteiger partial charge >= 0.3 is 5.69 Å². The number of rotatable bonds is 7. The van der Waals surface area contributed by atoms with Gasteiger partial charge in [-0.25, -0.2) is 0 Å². The molecule has 0 fully saturated rings. The summed E-state index contributed by atoms with van der Waals surface area (Å²) in [6.07, 6.45) is 0. The molecule has 1 amide bonds. The van der Waals surface area contributed by atoms with Gasteiger partial charge in [0.2, 0.25) is 0 Å². The lowest BCUT2D eigenvalue weighted by Gasteiger charge is -2.05. The van der Waals surface area contributed by atoms with E-state index in [4.69, 9.17) is 9.15 Å². The van der Waals surface area contributed by atoms with Crippen LogP contribution in [0.15, 0.2) is 34.7 Å². The molecule has 0 aliphatic heterocycles. The summed E-state index contributed by atoms with van der Waals surface area (Å²) in [6, 6.07) is 7.82. The Morgan fingerprint density at radius 2 is 2.17 bits per heavy atom. The second kappa shape index (κ2) is 7.68. The van der Waals surface area contributed by atoms with Gasteiger partial charge < -0.3 is 14.5 Å². The van der Waals surface area contributed by atoms with E-state index < -0.39 is 4.92 Å². The number of carbonyl (C=O) groups excluding carboxylic acids is 1. The molecule has 2 aromatic rings. The van der Waals surface area contributed by atoms with E-state index >= 15 is 0 Å². The molecule has 7 nitrogen and oxygen atoms in total. The summed E-state index contributed by atoms with van der Waals surface area (Å²) in [5, 5.41) is 13.6. The lowest BCUT2D eigenvalue weighted by molar-refractivity contribution is -0.386. The molecule has 0 bridgehead atoms. The number of carbonyl (C=O) groups is 1. The van der Waals surface area contributed by atoms with Crippen LogP contribution in [0, 0.1) is 17.0 Å². The third-order valence-electron chi connectivity index (χ3n) is 2.96. The molecular weight excluding hydrogens is 320 g/mol. The van der Waals surface area contributed by atoms with Gasteiger partial charge in [-0.05, 0) is 30.7 Å². The van der Waals surface area contributed by atoms with Crippen LogP contribution in [-0.2, 0) is 6.61 Å². The molecular formula is C15H16N2O5S. The van der Waals surface area contributed by atoms with Crippen molar-refractivity contribution in [3.05, 3.63) is 57.5 Å². The van der Waals surface area contributed by atoms with E-state index in [9.17, 15) is 14.9 Å². The Morgan fingerprint density at radius 1 is 1.39 bits per heavy atom. The Hall–Kier alpha value is -2.48. The van der Waals surface area contributed by atoms with Crippen molar-refractivity contribution in [2.24, 2.45) is 0 Å². The van der Waals surface area contributed by atoms with Crippen molar-refractivity contribution >= 4 is 24.2 Å². The van der Waals surface area contributed by atoms with Crippen LogP contribution in [0.3, 0.4) is 0 Å². The van der Waals surface area contributed by atoms with Crippen LogP contribution in [-0.4, -0.2) is 23.1 Å². The fourth-order valence-corrected chi connectivity index (χ4v) is 1.99. The Labute approximate surface area is 138 Å². The van der Waals surface area contributed by atoms with E-state index in [0.717, 1.165) is 5.56 Å². The third kappa shape index (κ3) is 4.49. The predicted molar refractivity (Wildman–Crippen MR) is 87.1 cm³/mol. The van der Waals surface area contributed by atoms with E-state index in [2.05, 4.69) is 17.9 Å². The first kappa shape index (κ1) is 16.9. The van der Waals surface area contributed by atoms with Gasteiger partial charge in [0.05, 0.1) is 4.92 Å². The molecule has 8 heteroatoms. The quantitative estimate of drug-likeness (QED) is 0.460. The zero-order chi connectivity index (χ0) is 16.8. The highest BCUT2D eigenvalue weighted by Crippen LogP contribution is 2.28. The van der Waals surface area contributed by atoms with Crippen LogP contribution in [0.1, 0.15) is 21.9 Å². The molecule has 122 valence electrons. The molecule has 1 heterocycles. The lowest BCUT2D eigenvalue weighted by atomic mass is 10.2. The molecule has 0 atom stereocenters. The first-order valence-corrected chi connectivity index (χ1v) is 7.50. The van der Waals surface area contributed by atoms with Crippen LogP contribution < -0.4 is 10.1 Å². The Balaban J connectivity index is 2.03. The lowest BCUT2D eigenvalue weighted by Crippen LogP contribution is -2.24. The van der Waals surface area contributed by atoms with Crippen LogP contribution >= 0.6 is 12.6 Å². The zero-order valence-corrected chi connectivity index (χ0v) is 13.3. The number of furan rings is 1. The molecule has 0 aliphatic rings. The van der Waals surface area contributed by atoms with Gasteiger partial charge in [0.1, 0.15) is 12.4 Å². The summed E-state index contributed by atoms with van der Waals surface area (Å²) in [6.45, 7) is 2.19. The minimum absolute atomic E-state index is 0.0102. The summed E-state index contributed by atoms with van der Waals surface area (Å²) in [7, 11) is 0. The molecule has 0 saturated carbocycles. The molecule has 1 aromatic heterocycles. The largest absolute Gasteiger partial charge is 0.479 e. The molecule has 2 rings (SSSR count). The van der Waals surface area contributed by atoms with Gasteiger partial charge in [0.15, 0.2) is 11.5 Å². The van der Waals surface area contributed by atoms with Gasteiger partial charge in [0, 0.05) is 18.4 Å². The summed E-state index contributed by atoms with van der Waals surface area (Å²) in [5.41, 5.74) is 0.661. The number of amides is 1. The average molecular weight is 336 g/mol. The first-order valence-electron chi connectivity index (χ1n) is 6.87. The molecule has 0 radical (unpaired) electrons.